The molecule has 3 rings (SSSR count). The Bertz CT molecular complexity index is 857. The third-order valence-corrected chi connectivity index (χ3v) is 5.72. The quantitative estimate of drug-likeness (QED) is 0.637. The number of aromatic nitrogens is 3. The van der Waals surface area contributed by atoms with Gasteiger partial charge >= 0.3 is 5.69 Å². The maximum absolute atomic E-state index is 12.7. The summed E-state index contributed by atoms with van der Waals surface area (Å²) in [6, 6.07) is 9.53. The molecule has 2 heterocycles. The zero-order chi connectivity index (χ0) is 21.3. The number of amides is 1. The second kappa shape index (κ2) is 11.0. The van der Waals surface area contributed by atoms with Gasteiger partial charge < -0.3 is 15.0 Å². The van der Waals surface area contributed by atoms with Crippen molar-refractivity contribution in [2.45, 2.75) is 46.2 Å². The van der Waals surface area contributed by atoms with E-state index in [4.69, 9.17) is 4.74 Å². The molecule has 1 aliphatic heterocycles. The van der Waals surface area contributed by atoms with Gasteiger partial charge in [-0.3, -0.25) is 9.36 Å². The number of carbonyl (C=O) groups is 1. The van der Waals surface area contributed by atoms with Crippen molar-refractivity contribution < 1.29 is 9.53 Å². The molecule has 1 aliphatic rings. The smallest absolute Gasteiger partial charge is 0.346 e. The van der Waals surface area contributed by atoms with Gasteiger partial charge in [0.2, 0.25) is 5.91 Å². The fourth-order valence-electron chi connectivity index (χ4n) is 3.82. The molecule has 0 fully saturated rings. The first-order valence-electron chi connectivity index (χ1n) is 11.0. The van der Waals surface area contributed by atoms with E-state index in [1.165, 1.54) is 4.68 Å². The minimum absolute atomic E-state index is 0.0716. The number of fused-ring (bicyclic) bond motifs is 1. The van der Waals surface area contributed by atoms with Crippen molar-refractivity contribution in [1.82, 2.24) is 24.6 Å². The molecule has 0 bridgehead atoms. The fraction of sp³-hybridized carbons (Fsp3) is 0.591. The van der Waals surface area contributed by atoms with Crippen molar-refractivity contribution in [1.29, 1.82) is 0 Å². The Morgan fingerprint density at radius 1 is 1.23 bits per heavy atom. The number of hydrogen-bond acceptors (Lipinski definition) is 5. The molecule has 0 saturated heterocycles. The largest absolute Gasteiger partial charge is 0.492 e. The molecule has 164 valence electrons. The maximum Gasteiger partial charge on any atom is 0.346 e. The Morgan fingerprint density at radius 2 is 2.00 bits per heavy atom. The summed E-state index contributed by atoms with van der Waals surface area (Å²) in [6.45, 7) is 9.07. The highest BCUT2D eigenvalue weighted by molar-refractivity contribution is 5.78. The van der Waals surface area contributed by atoms with E-state index < -0.39 is 0 Å². The van der Waals surface area contributed by atoms with Crippen LogP contribution in [0.15, 0.2) is 35.1 Å². The molecule has 0 spiro atoms. The first kappa shape index (κ1) is 22.1. The molecule has 1 atom stereocenters. The normalized spacial score (nSPS) is 16.2. The molecule has 8 heteroatoms. The fourth-order valence-corrected chi connectivity index (χ4v) is 3.82. The molecule has 1 unspecified atom stereocenters. The number of carbonyl (C=O) groups excluding carboxylic acids is 1. The van der Waals surface area contributed by atoms with Crippen molar-refractivity contribution in [3.63, 3.8) is 0 Å². The summed E-state index contributed by atoms with van der Waals surface area (Å²) < 4.78 is 8.86. The standard InChI is InChI=1S/C22H33N5O3/c1-3-25(4-2)15-13-23-21(28)18-10-11-20-24-27(22(29)26(20)14-12-18)16-17-30-19-8-6-5-7-9-19/h5-9,18H,3-4,10-17H2,1-2H3,(H,23,28). The Morgan fingerprint density at radius 3 is 2.73 bits per heavy atom. The molecule has 1 aromatic carbocycles. The Balaban J connectivity index is 1.49. The number of hydrogen-bond donors (Lipinski definition) is 1. The van der Waals surface area contributed by atoms with Crippen LogP contribution in [-0.2, 0) is 24.3 Å². The van der Waals surface area contributed by atoms with E-state index in [1.807, 2.05) is 30.3 Å². The highest BCUT2D eigenvalue weighted by Gasteiger charge is 2.25. The van der Waals surface area contributed by atoms with Gasteiger partial charge in [-0.1, -0.05) is 32.0 Å². The van der Waals surface area contributed by atoms with Gasteiger partial charge in [-0.25, -0.2) is 9.48 Å². The number of ether oxygens (including phenoxy) is 1. The van der Waals surface area contributed by atoms with E-state index in [0.717, 1.165) is 31.2 Å². The van der Waals surface area contributed by atoms with E-state index in [9.17, 15) is 9.59 Å². The van der Waals surface area contributed by atoms with E-state index in [0.29, 0.717) is 45.5 Å². The molecule has 8 nitrogen and oxygen atoms in total. The Kier molecular flexibility index (Phi) is 8.07. The molecule has 1 N–H and O–H groups in total. The zero-order valence-corrected chi connectivity index (χ0v) is 18.0. The number of nitrogens with zero attached hydrogens (tertiary/aromatic N) is 4. The van der Waals surface area contributed by atoms with Gasteiger partial charge in [-0.05, 0) is 38.1 Å². The predicted octanol–water partition coefficient (Wildman–Crippen LogP) is 1.53. The average Bonchev–Trinajstić information content (AvgIpc) is 2.93. The van der Waals surface area contributed by atoms with Crippen LogP contribution in [0.25, 0.3) is 0 Å². The van der Waals surface area contributed by atoms with Crippen LogP contribution in [0.5, 0.6) is 5.75 Å². The lowest BCUT2D eigenvalue weighted by Crippen LogP contribution is -2.38. The molecule has 2 aromatic rings. The molecule has 0 saturated carbocycles. The third-order valence-electron chi connectivity index (χ3n) is 5.72. The Hall–Kier alpha value is -2.61. The summed E-state index contributed by atoms with van der Waals surface area (Å²) in [6.07, 6.45) is 2.01. The molecular formula is C22H33N5O3. The summed E-state index contributed by atoms with van der Waals surface area (Å²) in [5.41, 5.74) is -0.121. The molecular weight excluding hydrogens is 382 g/mol. The van der Waals surface area contributed by atoms with Gasteiger partial charge in [0, 0.05) is 32.0 Å². The van der Waals surface area contributed by atoms with Crippen LogP contribution in [0.2, 0.25) is 0 Å². The molecule has 30 heavy (non-hydrogen) atoms. The van der Waals surface area contributed by atoms with Gasteiger partial charge in [0.25, 0.3) is 0 Å². The Labute approximate surface area is 177 Å². The van der Waals surface area contributed by atoms with E-state index in [1.54, 1.807) is 4.57 Å². The van der Waals surface area contributed by atoms with E-state index in [2.05, 4.69) is 29.2 Å². The maximum atomic E-state index is 12.7. The van der Waals surface area contributed by atoms with Gasteiger partial charge in [-0.15, -0.1) is 0 Å². The first-order valence-corrected chi connectivity index (χ1v) is 11.0. The van der Waals surface area contributed by atoms with Crippen LogP contribution < -0.4 is 15.7 Å². The van der Waals surface area contributed by atoms with Gasteiger partial charge in [0.15, 0.2) is 0 Å². The van der Waals surface area contributed by atoms with Crippen LogP contribution >= 0.6 is 0 Å². The lowest BCUT2D eigenvalue weighted by molar-refractivity contribution is -0.125. The molecule has 1 amide bonds. The zero-order valence-electron chi connectivity index (χ0n) is 18.0. The monoisotopic (exact) mass is 415 g/mol. The molecule has 0 aliphatic carbocycles. The van der Waals surface area contributed by atoms with Gasteiger partial charge in [0.05, 0.1) is 6.54 Å². The minimum atomic E-state index is -0.121. The lowest BCUT2D eigenvalue weighted by Gasteiger charge is -2.19. The van der Waals surface area contributed by atoms with Crippen LogP contribution in [0.4, 0.5) is 0 Å². The summed E-state index contributed by atoms with van der Waals surface area (Å²) >= 11 is 0. The van der Waals surface area contributed by atoms with Crippen LogP contribution in [0.1, 0.15) is 32.5 Å². The third kappa shape index (κ3) is 5.72. The van der Waals surface area contributed by atoms with Crippen molar-refractivity contribution in [2.75, 3.05) is 32.8 Å². The SMILES string of the molecule is CCN(CC)CCNC(=O)C1CCc2nn(CCOc3ccccc3)c(=O)n2CC1. The van der Waals surface area contributed by atoms with Crippen LogP contribution in [0, 0.1) is 5.92 Å². The molecule has 1 aromatic heterocycles. The second-order valence-electron chi connectivity index (χ2n) is 7.58. The number of rotatable bonds is 10. The van der Waals surface area contributed by atoms with Crippen molar-refractivity contribution in [3.8, 4) is 5.75 Å². The summed E-state index contributed by atoms with van der Waals surface area (Å²) in [5, 5.41) is 7.55. The number of likely N-dealkylation sites (N-methyl/N-ethyl adjacent to an activating group) is 1. The van der Waals surface area contributed by atoms with Crippen molar-refractivity contribution >= 4 is 5.91 Å². The van der Waals surface area contributed by atoms with Gasteiger partial charge in [0.1, 0.15) is 18.2 Å². The number of nitrogens with one attached hydrogen (secondary N) is 1. The minimum Gasteiger partial charge on any atom is -0.492 e. The summed E-state index contributed by atoms with van der Waals surface area (Å²) in [7, 11) is 0. The number of benzene rings is 1. The predicted molar refractivity (Wildman–Crippen MR) is 116 cm³/mol. The van der Waals surface area contributed by atoms with Crippen LogP contribution in [0.3, 0.4) is 0 Å². The van der Waals surface area contributed by atoms with Gasteiger partial charge in [-0.2, -0.15) is 5.10 Å². The average molecular weight is 416 g/mol. The van der Waals surface area contributed by atoms with E-state index >= 15 is 0 Å². The first-order chi connectivity index (χ1) is 14.6. The second-order valence-corrected chi connectivity index (χ2v) is 7.58. The number of aryl methyl sites for hydroxylation is 1. The highest BCUT2D eigenvalue weighted by atomic mass is 16.5. The summed E-state index contributed by atoms with van der Waals surface area (Å²) in [4.78, 5) is 27.5. The highest BCUT2D eigenvalue weighted by Crippen LogP contribution is 2.18. The number of para-hydroxylation sites is 1. The molecule has 0 radical (unpaired) electrons. The van der Waals surface area contributed by atoms with E-state index in [-0.39, 0.29) is 17.5 Å². The topological polar surface area (TPSA) is 81.4 Å². The van der Waals surface area contributed by atoms with Crippen molar-refractivity contribution in [3.05, 3.63) is 46.6 Å². The van der Waals surface area contributed by atoms with Crippen molar-refractivity contribution in [2.24, 2.45) is 5.92 Å². The lowest BCUT2D eigenvalue weighted by atomic mass is 9.99. The van der Waals surface area contributed by atoms with Crippen LogP contribution in [-0.4, -0.2) is 57.9 Å². The summed E-state index contributed by atoms with van der Waals surface area (Å²) in [5.74, 6) is 1.56.